The van der Waals surface area contributed by atoms with E-state index in [1.54, 1.807) is 24.3 Å². The first-order valence-electron chi connectivity index (χ1n) is 12.1. The monoisotopic (exact) mass is 476 g/mol. The van der Waals surface area contributed by atoms with Gasteiger partial charge in [-0.1, -0.05) is 58.4 Å². The van der Waals surface area contributed by atoms with Crippen LogP contribution < -0.4 is 4.74 Å². The Morgan fingerprint density at radius 3 is 2.06 bits per heavy atom. The molecular weight excluding hydrogens is 436 g/mol. The van der Waals surface area contributed by atoms with Crippen LogP contribution in [-0.4, -0.2) is 46.2 Å². The van der Waals surface area contributed by atoms with Gasteiger partial charge < -0.3 is 19.7 Å². The Kier molecular flexibility index (Phi) is 13.2. The van der Waals surface area contributed by atoms with E-state index in [9.17, 15) is 19.5 Å². The molecule has 190 valence electrons. The predicted molar refractivity (Wildman–Crippen MR) is 131 cm³/mol. The normalized spacial score (nSPS) is 12.1. The maximum absolute atomic E-state index is 12.2. The van der Waals surface area contributed by atoms with Gasteiger partial charge in [0.1, 0.15) is 24.1 Å². The Morgan fingerprint density at radius 2 is 1.53 bits per heavy atom. The summed E-state index contributed by atoms with van der Waals surface area (Å²) in [6.45, 7) is 8.51. The van der Waals surface area contributed by atoms with E-state index in [1.807, 2.05) is 0 Å². The van der Waals surface area contributed by atoms with Gasteiger partial charge in [-0.3, -0.25) is 9.59 Å². The zero-order valence-electron chi connectivity index (χ0n) is 20.8. The molecule has 0 aliphatic heterocycles. The molecule has 0 bridgehead atoms. The number of hydrogen-bond donors (Lipinski definition) is 2. The number of rotatable bonds is 18. The van der Waals surface area contributed by atoms with Crippen molar-refractivity contribution < 1.29 is 34.1 Å². The molecule has 2 N–H and O–H groups in total. The number of carbonyl (C=O) groups is 3. The third-order valence-corrected chi connectivity index (χ3v) is 5.41. The van der Waals surface area contributed by atoms with E-state index in [0.717, 1.165) is 19.3 Å². The highest BCUT2D eigenvalue weighted by molar-refractivity contribution is 6.01. The van der Waals surface area contributed by atoms with Crippen LogP contribution in [0, 0.1) is 0 Å². The minimum Gasteiger partial charge on any atom is -0.487 e. The second kappa shape index (κ2) is 15.3. The summed E-state index contributed by atoms with van der Waals surface area (Å²) in [6, 6.07) is 6.46. The lowest BCUT2D eigenvalue weighted by atomic mass is 9.97. The summed E-state index contributed by atoms with van der Waals surface area (Å²) in [6.07, 6.45) is 9.07. The average molecular weight is 477 g/mol. The van der Waals surface area contributed by atoms with Gasteiger partial charge in [0.25, 0.3) is 0 Å². The minimum atomic E-state index is -1.46. The molecule has 0 aliphatic rings. The lowest BCUT2D eigenvalue weighted by Crippen LogP contribution is -2.31. The van der Waals surface area contributed by atoms with Crippen molar-refractivity contribution in [3.05, 3.63) is 42.0 Å². The molecule has 0 saturated carbocycles. The second-order valence-electron chi connectivity index (χ2n) is 9.19. The van der Waals surface area contributed by atoms with Crippen LogP contribution in [0.2, 0.25) is 0 Å². The summed E-state index contributed by atoms with van der Waals surface area (Å²) in [4.78, 5) is 35.0. The highest BCUT2D eigenvalue weighted by atomic mass is 16.6. The van der Waals surface area contributed by atoms with E-state index in [2.05, 4.69) is 13.5 Å². The van der Waals surface area contributed by atoms with E-state index in [0.29, 0.717) is 17.7 Å². The summed E-state index contributed by atoms with van der Waals surface area (Å²) in [5, 5.41) is 18.7. The molecule has 1 rings (SSSR count). The standard InChI is InChI=1S/C27H40O7/c1-5-6-7-8-9-10-11-12-13-23(19-33-26(31)20(2)18-24(28)29)34-22-16-14-21(15-17-22)25(30)27(3,4)32/h14-17,23,32H,2,5-13,18-19H2,1,3-4H3,(H,28,29). The van der Waals surface area contributed by atoms with Crippen molar-refractivity contribution in [2.75, 3.05) is 6.61 Å². The van der Waals surface area contributed by atoms with E-state index >= 15 is 0 Å². The van der Waals surface area contributed by atoms with Crippen LogP contribution in [-0.2, 0) is 14.3 Å². The van der Waals surface area contributed by atoms with Gasteiger partial charge in [-0.2, -0.15) is 0 Å². The topological polar surface area (TPSA) is 110 Å². The molecule has 0 aromatic heterocycles. The molecule has 7 nitrogen and oxygen atoms in total. The zero-order valence-corrected chi connectivity index (χ0v) is 20.8. The Bertz CT molecular complexity index is 790. The lowest BCUT2D eigenvalue weighted by molar-refractivity contribution is -0.144. The van der Waals surface area contributed by atoms with E-state index in [4.69, 9.17) is 14.6 Å². The summed E-state index contributed by atoms with van der Waals surface area (Å²) in [7, 11) is 0. The maximum Gasteiger partial charge on any atom is 0.334 e. The van der Waals surface area contributed by atoms with Gasteiger partial charge in [-0.15, -0.1) is 0 Å². The molecule has 0 heterocycles. The summed E-state index contributed by atoms with van der Waals surface area (Å²) >= 11 is 0. The van der Waals surface area contributed by atoms with Gasteiger partial charge in [-0.05, 0) is 51.0 Å². The van der Waals surface area contributed by atoms with Crippen LogP contribution >= 0.6 is 0 Å². The number of aliphatic hydroxyl groups is 1. The van der Waals surface area contributed by atoms with Crippen LogP contribution in [0.15, 0.2) is 36.4 Å². The molecule has 1 aromatic rings. The van der Waals surface area contributed by atoms with Crippen LogP contribution in [0.4, 0.5) is 0 Å². The number of benzene rings is 1. The van der Waals surface area contributed by atoms with Crippen molar-refractivity contribution >= 4 is 17.7 Å². The number of carbonyl (C=O) groups excluding carboxylic acids is 2. The molecule has 1 atom stereocenters. The molecule has 0 amide bonds. The molecule has 7 heteroatoms. The summed E-state index contributed by atoms with van der Waals surface area (Å²) in [5.74, 6) is -1.77. The predicted octanol–water partition coefficient (Wildman–Crippen LogP) is 5.49. The molecule has 0 radical (unpaired) electrons. The molecule has 0 saturated heterocycles. The number of Topliss-reactive ketones (excluding diaryl/α,β-unsaturated/α-hetero) is 1. The third kappa shape index (κ3) is 12.0. The molecule has 0 spiro atoms. The van der Waals surface area contributed by atoms with Gasteiger partial charge in [0.15, 0.2) is 5.78 Å². The van der Waals surface area contributed by atoms with Crippen molar-refractivity contribution in [1.29, 1.82) is 0 Å². The molecule has 1 unspecified atom stereocenters. The Labute approximate surface area is 203 Å². The lowest BCUT2D eigenvalue weighted by Gasteiger charge is -2.20. The van der Waals surface area contributed by atoms with Gasteiger partial charge >= 0.3 is 11.9 Å². The SMILES string of the molecule is C=C(CC(=O)O)C(=O)OCC(CCCCCCCCCC)Oc1ccc(C(=O)C(C)(C)O)cc1. The quantitative estimate of drug-likeness (QED) is 0.125. The molecule has 1 aromatic carbocycles. The number of carboxylic acid groups (broad SMARTS) is 1. The zero-order chi connectivity index (χ0) is 25.6. The number of ether oxygens (including phenoxy) is 2. The van der Waals surface area contributed by atoms with E-state index in [1.165, 1.54) is 46.0 Å². The fourth-order valence-electron chi connectivity index (χ4n) is 3.44. The number of carboxylic acids is 1. The van der Waals surface area contributed by atoms with Crippen LogP contribution in [0.25, 0.3) is 0 Å². The first kappa shape index (κ1) is 29.4. The van der Waals surface area contributed by atoms with Gasteiger partial charge in [0, 0.05) is 11.1 Å². The first-order chi connectivity index (χ1) is 16.0. The molecule has 0 fully saturated rings. The highest BCUT2D eigenvalue weighted by Crippen LogP contribution is 2.20. The maximum atomic E-state index is 12.2. The minimum absolute atomic E-state index is 0.0294. The number of unbranched alkanes of at least 4 members (excludes halogenated alkanes) is 7. The van der Waals surface area contributed by atoms with Crippen LogP contribution in [0.1, 0.15) is 95.3 Å². The van der Waals surface area contributed by atoms with Crippen molar-refractivity contribution in [2.45, 2.75) is 96.7 Å². The number of ketones is 1. The largest absolute Gasteiger partial charge is 0.487 e. The Balaban J connectivity index is 2.67. The number of esters is 1. The van der Waals surface area contributed by atoms with Crippen molar-refractivity contribution in [3.8, 4) is 5.75 Å². The second-order valence-corrected chi connectivity index (χ2v) is 9.19. The summed E-state index contributed by atoms with van der Waals surface area (Å²) in [5.41, 5.74) is -1.21. The summed E-state index contributed by atoms with van der Waals surface area (Å²) < 4.78 is 11.3. The van der Waals surface area contributed by atoms with E-state index in [-0.39, 0.29) is 18.0 Å². The molecule has 0 aliphatic carbocycles. The fourth-order valence-corrected chi connectivity index (χ4v) is 3.44. The van der Waals surface area contributed by atoms with Crippen LogP contribution in [0.3, 0.4) is 0 Å². The third-order valence-electron chi connectivity index (χ3n) is 5.41. The van der Waals surface area contributed by atoms with Gasteiger partial charge in [0.05, 0.1) is 6.42 Å². The molecular formula is C27H40O7. The molecule has 34 heavy (non-hydrogen) atoms. The fraction of sp³-hybridized carbons (Fsp3) is 0.593. The first-order valence-corrected chi connectivity index (χ1v) is 12.1. The number of hydrogen-bond acceptors (Lipinski definition) is 6. The Morgan fingerprint density at radius 1 is 0.971 bits per heavy atom. The van der Waals surface area contributed by atoms with Crippen molar-refractivity contribution in [3.63, 3.8) is 0 Å². The highest BCUT2D eigenvalue weighted by Gasteiger charge is 2.25. The smallest absolute Gasteiger partial charge is 0.334 e. The van der Waals surface area contributed by atoms with Crippen molar-refractivity contribution in [1.82, 2.24) is 0 Å². The van der Waals surface area contributed by atoms with Crippen LogP contribution in [0.5, 0.6) is 5.75 Å². The van der Waals surface area contributed by atoms with Gasteiger partial charge in [0.2, 0.25) is 0 Å². The average Bonchev–Trinajstić information content (AvgIpc) is 2.77. The number of aliphatic carboxylic acids is 1. The Hall–Kier alpha value is -2.67. The van der Waals surface area contributed by atoms with Gasteiger partial charge in [-0.25, -0.2) is 4.79 Å². The van der Waals surface area contributed by atoms with E-state index < -0.39 is 30.1 Å². The van der Waals surface area contributed by atoms with Crippen molar-refractivity contribution in [2.24, 2.45) is 0 Å².